The van der Waals surface area contributed by atoms with Crippen molar-refractivity contribution in [2.75, 3.05) is 0 Å². The van der Waals surface area contributed by atoms with Crippen molar-refractivity contribution in [3.63, 3.8) is 0 Å². The van der Waals surface area contributed by atoms with Crippen molar-refractivity contribution < 1.29 is 0 Å². The molecule has 0 bridgehead atoms. The van der Waals surface area contributed by atoms with E-state index in [0.717, 1.165) is 11.1 Å². The molecule has 0 radical (unpaired) electrons. The van der Waals surface area contributed by atoms with Crippen LogP contribution in [0.25, 0.3) is 155 Å². The van der Waals surface area contributed by atoms with Crippen molar-refractivity contribution in [2.45, 2.75) is 0 Å². The van der Waals surface area contributed by atoms with Gasteiger partial charge in [0.1, 0.15) is 0 Å². The second kappa shape index (κ2) is 13.1. The predicted molar refractivity (Wildman–Crippen MR) is 276 cm³/mol. The first-order chi connectivity index (χ1) is 31.7. The van der Waals surface area contributed by atoms with Crippen molar-refractivity contribution in [1.82, 2.24) is 0 Å². The summed E-state index contributed by atoms with van der Waals surface area (Å²) in [6, 6.07) is 72.2. The minimum Gasteiger partial charge on any atom is -0.0984 e. The molecule has 0 nitrogen and oxygen atoms in total. The highest BCUT2D eigenvalue weighted by molar-refractivity contribution is 6.42. The lowest BCUT2D eigenvalue weighted by Crippen LogP contribution is -1.98. The molecule has 0 heteroatoms. The molecule has 0 atom stereocenters. The van der Waals surface area contributed by atoms with Crippen LogP contribution in [0.1, 0.15) is 11.1 Å². The Hall–Kier alpha value is -8.32. The zero-order valence-corrected chi connectivity index (χ0v) is 35.0. The third-order valence-electron chi connectivity index (χ3n) is 14.4. The molecule has 294 valence electrons. The summed E-state index contributed by atoms with van der Waals surface area (Å²) in [4.78, 5) is 0. The largest absolute Gasteiger partial charge is 0.0984 e. The monoisotopic (exact) mass is 806 g/mol. The topological polar surface area (TPSA) is 0 Å². The predicted octanol–water partition coefficient (Wildman–Crippen LogP) is 18.1. The highest BCUT2D eigenvalue weighted by atomic mass is 14.4. The van der Waals surface area contributed by atoms with Gasteiger partial charge >= 0.3 is 0 Å². The van der Waals surface area contributed by atoms with Gasteiger partial charge in [-0.2, -0.15) is 0 Å². The van der Waals surface area contributed by atoms with E-state index in [-0.39, 0.29) is 0 Å². The Morgan fingerprint density at radius 2 is 0.484 bits per heavy atom. The number of rotatable bonds is 6. The maximum atomic E-state index is 4.43. The van der Waals surface area contributed by atoms with Gasteiger partial charge in [0.15, 0.2) is 0 Å². The smallest absolute Gasteiger partial charge is 0.000740 e. The molecule has 14 rings (SSSR count). The van der Waals surface area contributed by atoms with Gasteiger partial charge in [-0.15, -0.1) is 0 Å². The Labute approximate surface area is 371 Å². The van der Waals surface area contributed by atoms with Gasteiger partial charge in [0.2, 0.25) is 0 Å². The SMILES string of the molecule is C=Cc1c(C=C)c(-c2ccccc2)c2c(c1-c1ccccc1)-c1ccc3c4ccc5c6c(ccc(c7ccc-2c1c37)c64)-c1c-5c(-c2ccccc2)c2ccccc2c1-c1ccccc1. The van der Waals surface area contributed by atoms with Crippen LogP contribution in [0.15, 0.2) is 207 Å². The van der Waals surface area contributed by atoms with Crippen LogP contribution in [-0.4, -0.2) is 0 Å². The van der Waals surface area contributed by atoms with E-state index in [1.807, 2.05) is 12.2 Å². The highest BCUT2D eigenvalue weighted by Gasteiger charge is 2.35. The summed E-state index contributed by atoms with van der Waals surface area (Å²) in [5.41, 5.74) is 22.5. The Bertz CT molecular complexity index is 3730. The molecule has 0 amide bonds. The van der Waals surface area contributed by atoms with Crippen LogP contribution in [0.5, 0.6) is 0 Å². The van der Waals surface area contributed by atoms with Crippen molar-refractivity contribution in [1.29, 1.82) is 0 Å². The van der Waals surface area contributed by atoms with Crippen molar-refractivity contribution in [3.8, 4) is 89.0 Å². The van der Waals surface area contributed by atoms with Crippen LogP contribution >= 0.6 is 0 Å². The molecule has 12 aromatic rings. The summed E-state index contributed by atoms with van der Waals surface area (Å²) in [7, 11) is 0. The molecule has 0 heterocycles. The third kappa shape index (κ3) is 4.46. The van der Waals surface area contributed by atoms with E-state index in [9.17, 15) is 0 Å². The third-order valence-corrected chi connectivity index (χ3v) is 14.4. The molecule has 0 saturated carbocycles. The Kier molecular flexibility index (Phi) is 7.22. The summed E-state index contributed by atoms with van der Waals surface area (Å²) in [5, 5.41) is 13.1. The molecule has 0 fully saturated rings. The van der Waals surface area contributed by atoms with Gasteiger partial charge in [-0.1, -0.05) is 219 Å². The summed E-state index contributed by atoms with van der Waals surface area (Å²) < 4.78 is 0. The van der Waals surface area contributed by atoms with Gasteiger partial charge in [-0.25, -0.2) is 0 Å². The fourth-order valence-electron chi connectivity index (χ4n) is 12.1. The zero-order valence-electron chi connectivity index (χ0n) is 35.0. The molecule has 0 aliphatic heterocycles. The molecule has 0 unspecified atom stereocenters. The van der Waals surface area contributed by atoms with Crippen LogP contribution in [-0.2, 0) is 0 Å². The van der Waals surface area contributed by atoms with Crippen molar-refractivity contribution in [3.05, 3.63) is 218 Å². The van der Waals surface area contributed by atoms with E-state index in [4.69, 9.17) is 0 Å². The van der Waals surface area contributed by atoms with E-state index in [1.165, 1.54) is 143 Å². The fraction of sp³-hybridized carbons (Fsp3) is 0. The summed E-state index contributed by atoms with van der Waals surface area (Å²) in [6.45, 7) is 8.86. The first kappa shape index (κ1) is 35.3. The zero-order chi connectivity index (χ0) is 42.2. The number of hydrogen-bond donors (Lipinski definition) is 0. The number of hydrogen-bond acceptors (Lipinski definition) is 0. The summed E-state index contributed by atoms with van der Waals surface area (Å²) >= 11 is 0. The molecule has 2 aliphatic rings. The van der Waals surface area contributed by atoms with Crippen molar-refractivity contribution in [2.24, 2.45) is 0 Å². The normalized spacial score (nSPS) is 12.2. The quantitative estimate of drug-likeness (QED) is 0.116. The molecule has 64 heavy (non-hydrogen) atoms. The standard InChI is InChI=1S/C64H38/c1-3-41-42(4-2)54(38-21-11-6-12-22-38)62-50-34-30-46-48-32-36-52-60-51(35-31-47(58(48)60)45-29-33-49(59(50)57(45)46)61(62)53(41)37-19-9-5-10-20-37)63-55(39-23-13-7-14-24-39)43-27-17-18-28-44(43)56(64(52)63)40-25-15-8-16-26-40/h3-36H,1-2H2. The van der Waals surface area contributed by atoms with Crippen LogP contribution in [0.2, 0.25) is 0 Å². The van der Waals surface area contributed by atoms with Gasteiger partial charge in [0.05, 0.1) is 0 Å². The second-order valence-corrected chi connectivity index (χ2v) is 17.4. The Morgan fingerprint density at radius 3 is 0.781 bits per heavy atom. The lowest BCUT2D eigenvalue weighted by molar-refractivity contribution is 1.55. The molecule has 12 aromatic carbocycles. The molecular weight excluding hydrogens is 769 g/mol. The van der Waals surface area contributed by atoms with Gasteiger partial charge in [0.25, 0.3) is 0 Å². The highest BCUT2D eigenvalue weighted by Crippen LogP contribution is 2.62. The minimum absolute atomic E-state index is 1.11. The summed E-state index contributed by atoms with van der Waals surface area (Å²) in [5.74, 6) is 0. The number of benzene rings is 12. The molecule has 0 saturated heterocycles. The van der Waals surface area contributed by atoms with Gasteiger partial charge in [0, 0.05) is 0 Å². The van der Waals surface area contributed by atoms with E-state index >= 15 is 0 Å². The molecular formula is C64H38. The fourth-order valence-corrected chi connectivity index (χ4v) is 12.1. The van der Waals surface area contributed by atoms with Gasteiger partial charge < -0.3 is 0 Å². The average molecular weight is 807 g/mol. The first-order valence-electron chi connectivity index (χ1n) is 22.3. The van der Waals surface area contributed by atoms with Crippen LogP contribution in [0.3, 0.4) is 0 Å². The summed E-state index contributed by atoms with van der Waals surface area (Å²) in [6.07, 6.45) is 4.08. The second-order valence-electron chi connectivity index (χ2n) is 17.4. The van der Waals surface area contributed by atoms with E-state index < -0.39 is 0 Å². The van der Waals surface area contributed by atoms with Crippen LogP contribution < -0.4 is 0 Å². The molecule has 2 aliphatic carbocycles. The number of fused-ring (bicyclic) bond motifs is 9. The van der Waals surface area contributed by atoms with Crippen LogP contribution in [0, 0.1) is 0 Å². The molecule has 0 aromatic heterocycles. The van der Waals surface area contributed by atoms with Gasteiger partial charge in [-0.3, -0.25) is 0 Å². The van der Waals surface area contributed by atoms with E-state index in [2.05, 4.69) is 207 Å². The Balaban J connectivity index is 1.13. The average Bonchev–Trinajstić information content (AvgIpc) is 3.88. The molecule has 0 spiro atoms. The van der Waals surface area contributed by atoms with Crippen LogP contribution in [0.4, 0.5) is 0 Å². The maximum Gasteiger partial charge on any atom is -0.000740 e. The van der Waals surface area contributed by atoms with E-state index in [0.29, 0.717) is 0 Å². The Morgan fingerprint density at radius 1 is 0.219 bits per heavy atom. The maximum absolute atomic E-state index is 4.43. The lowest BCUT2D eigenvalue weighted by atomic mass is 9.80. The molecule has 0 N–H and O–H groups in total. The minimum atomic E-state index is 1.11. The first-order valence-corrected chi connectivity index (χ1v) is 22.3. The van der Waals surface area contributed by atoms with Gasteiger partial charge in [-0.05, 0) is 154 Å². The van der Waals surface area contributed by atoms with E-state index in [1.54, 1.807) is 0 Å². The lowest BCUT2D eigenvalue weighted by Gasteiger charge is -2.22. The van der Waals surface area contributed by atoms with Crippen molar-refractivity contribution >= 4 is 66.0 Å².